The monoisotopic (exact) mass is 486 g/mol. The summed E-state index contributed by atoms with van der Waals surface area (Å²) in [5.41, 5.74) is 1.35. The number of anilines is 1. The van der Waals surface area contributed by atoms with E-state index in [0.29, 0.717) is 27.3 Å². The summed E-state index contributed by atoms with van der Waals surface area (Å²) in [5.74, 6) is 1.26. The molecule has 0 aromatic carbocycles. The molecule has 178 valence electrons. The van der Waals surface area contributed by atoms with Crippen molar-refractivity contribution in [2.45, 2.75) is 79.3 Å². The Morgan fingerprint density at radius 1 is 1.33 bits per heavy atom. The summed E-state index contributed by atoms with van der Waals surface area (Å²) in [6.07, 6.45) is 6.69. The lowest BCUT2D eigenvalue weighted by molar-refractivity contribution is -0.123. The zero-order valence-electron chi connectivity index (χ0n) is 20.3. The smallest absolute Gasteiger partial charge is 0.270 e. The Balaban J connectivity index is 2.24. The Hall–Kier alpha value is -2.11. The third-order valence-corrected chi connectivity index (χ3v) is 8.00. The number of unbranched alkanes of at least 4 members (excludes halogenated alkanes) is 1. The van der Waals surface area contributed by atoms with Crippen LogP contribution in [0.4, 0.5) is 5.82 Å². The Labute approximate surface area is 206 Å². The number of pyridine rings is 1. The molecule has 0 aliphatic carbocycles. The minimum atomic E-state index is -0.235. The van der Waals surface area contributed by atoms with Gasteiger partial charge in [0.25, 0.3) is 11.5 Å². The molecule has 2 aliphatic rings. The van der Waals surface area contributed by atoms with Gasteiger partial charge >= 0.3 is 0 Å². The first-order valence-electron chi connectivity index (χ1n) is 11.9. The SMILES string of the molecule is CCCCn1c(N2CCCC(C)C2)c(/C=C2/SC(=S)N(C(C)CC)C2=O)c(C)c(C#N)c1=O. The molecule has 0 bridgehead atoms. The maximum absolute atomic E-state index is 13.3. The molecule has 0 saturated carbocycles. The molecule has 2 unspecified atom stereocenters. The Bertz CT molecular complexity index is 1070. The second-order valence-electron chi connectivity index (χ2n) is 9.16. The number of aromatic nitrogens is 1. The van der Waals surface area contributed by atoms with Crippen LogP contribution in [0.15, 0.2) is 9.70 Å². The van der Waals surface area contributed by atoms with Gasteiger partial charge in [-0.15, -0.1) is 0 Å². The lowest BCUT2D eigenvalue weighted by Gasteiger charge is -2.36. The van der Waals surface area contributed by atoms with Crippen LogP contribution in [0.1, 0.15) is 76.5 Å². The van der Waals surface area contributed by atoms with Crippen molar-refractivity contribution in [2.24, 2.45) is 5.92 Å². The standard InChI is InChI=1S/C25H34N4O2S2/c1-6-8-12-28-22(27-11-9-10-16(3)15-27)19(18(5)20(14-26)23(28)30)13-21-24(31)29(17(4)7-2)25(32)33-21/h13,16-17H,6-12,15H2,1-5H3/b21-13+. The summed E-state index contributed by atoms with van der Waals surface area (Å²) in [7, 11) is 0. The fourth-order valence-corrected chi connectivity index (χ4v) is 6.01. The van der Waals surface area contributed by atoms with E-state index in [-0.39, 0.29) is 23.1 Å². The average molecular weight is 487 g/mol. The number of carbonyl (C=O) groups is 1. The van der Waals surface area contributed by atoms with E-state index in [1.165, 1.54) is 11.8 Å². The van der Waals surface area contributed by atoms with E-state index in [0.717, 1.165) is 56.6 Å². The molecule has 3 heterocycles. The van der Waals surface area contributed by atoms with E-state index < -0.39 is 0 Å². The molecule has 1 aromatic rings. The highest BCUT2D eigenvalue weighted by Crippen LogP contribution is 2.38. The zero-order valence-corrected chi connectivity index (χ0v) is 21.9. The molecular formula is C25H34N4O2S2. The fourth-order valence-electron chi connectivity index (χ4n) is 4.56. The number of nitriles is 1. The molecule has 2 fully saturated rings. The number of nitrogens with zero attached hydrogens (tertiary/aromatic N) is 4. The molecule has 2 saturated heterocycles. The van der Waals surface area contributed by atoms with Gasteiger partial charge in [0.1, 0.15) is 21.8 Å². The molecule has 6 nitrogen and oxygen atoms in total. The molecule has 3 rings (SSSR count). The van der Waals surface area contributed by atoms with Crippen LogP contribution in [-0.4, -0.2) is 38.8 Å². The van der Waals surface area contributed by atoms with Crippen LogP contribution in [0.3, 0.4) is 0 Å². The maximum Gasteiger partial charge on any atom is 0.270 e. The van der Waals surface area contributed by atoms with Crippen LogP contribution in [0.5, 0.6) is 0 Å². The second kappa shape index (κ2) is 10.9. The van der Waals surface area contributed by atoms with Crippen molar-refractivity contribution >= 4 is 46.1 Å². The van der Waals surface area contributed by atoms with Crippen LogP contribution < -0.4 is 10.5 Å². The predicted molar refractivity (Wildman–Crippen MR) is 140 cm³/mol. The molecule has 33 heavy (non-hydrogen) atoms. The number of thioether (sulfide) groups is 1. The Morgan fingerprint density at radius 3 is 2.67 bits per heavy atom. The van der Waals surface area contributed by atoms with Crippen molar-refractivity contribution in [3.05, 3.63) is 31.9 Å². The van der Waals surface area contributed by atoms with Gasteiger partial charge in [0.15, 0.2) is 0 Å². The van der Waals surface area contributed by atoms with Gasteiger partial charge in [0.2, 0.25) is 0 Å². The largest absolute Gasteiger partial charge is 0.357 e. The molecular weight excluding hydrogens is 452 g/mol. The summed E-state index contributed by atoms with van der Waals surface area (Å²) in [6.45, 7) is 12.4. The number of amides is 1. The molecule has 2 atom stereocenters. The predicted octanol–water partition coefficient (Wildman–Crippen LogP) is 5.06. The van der Waals surface area contributed by atoms with Gasteiger partial charge in [-0.1, -0.05) is 51.2 Å². The number of hydrogen-bond acceptors (Lipinski definition) is 6. The molecule has 2 aliphatic heterocycles. The van der Waals surface area contributed by atoms with Crippen LogP contribution >= 0.6 is 24.0 Å². The normalized spacial score (nSPS) is 21.1. The number of piperidine rings is 1. The highest BCUT2D eigenvalue weighted by Gasteiger charge is 2.35. The summed E-state index contributed by atoms with van der Waals surface area (Å²) in [6, 6.07) is 2.16. The first-order chi connectivity index (χ1) is 15.7. The molecule has 1 aromatic heterocycles. The lowest BCUT2D eigenvalue weighted by Crippen LogP contribution is -2.40. The van der Waals surface area contributed by atoms with Gasteiger partial charge in [0, 0.05) is 31.2 Å². The summed E-state index contributed by atoms with van der Waals surface area (Å²) < 4.78 is 2.33. The molecule has 0 N–H and O–H groups in total. The van der Waals surface area contributed by atoms with Crippen molar-refractivity contribution in [3.8, 4) is 6.07 Å². The first kappa shape index (κ1) is 25.5. The third-order valence-electron chi connectivity index (χ3n) is 6.67. The highest BCUT2D eigenvalue weighted by molar-refractivity contribution is 8.26. The van der Waals surface area contributed by atoms with E-state index in [2.05, 4.69) is 24.8 Å². The van der Waals surface area contributed by atoms with Crippen molar-refractivity contribution < 1.29 is 4.79 Å². The van der Waals surface area contributed by atoms with Crippen molar-refractivity contribution in [1.29, 1.82) is 5.26 Å². The fraction of sp³-hybridized carbons (Fsp3) is 0.600. The van der Waals surface area contributed by atoms with E-state index >= 15 is 0 Å². The Kier molecular flexibility index (Phi) is 8.41. The maximum atomic E-state index is 13.3. The van der Waals surface area contributed by atoms with E-state index in [1.807, 2.05) is 26.8 Å². The average Bonchev–Trinajstić information content (AvgIpc) is 3.07. The molecule has 1 amide bonds. The van der Waals surface area contributed by atoms with Crippen LogP contribution in [0.2, 0.25) is 0 Å². The van der Waals surface area contributed by atoms with Gasteiger partial charge in [-0.05, 0) is 57.1 Å². The third kappa shape index (κ3) is 5.04. The quantitative estimate of drug-likeness (QED) is 0.396. The lowest BCUT2D eigenvalue weighted by atomic mass is 9.97. The van der Waals surface area contributed by atoms with Crippen LogP contribution in [0, 0.1) is 24.2 Å². The summed E-state index contributed by atoms with van der Waals surface area (Å²) >= 11 is 6.83. The van der Waals surface area contributed by atoms with E-state index in [9.17, 15) is 14.9 Å². The summed E-state index contributed by atoms with van der Waals surface area (Å²) in [5, 5.41) is 9.82. The van der Waals surface area contributed by atoms with Crippen LogP contribution in [-0.2, 0) is 11.3 Å². The summed E-state index contributed by atoms with van der Waals surface area (Å²) in [4.78, 5) is 31.1. The van der Waals surface area contributed by atoms with E-state index in [4.69, 9.17) is 12.2 Å². The van der Waals surface area contributed by atoms with Gasteiger partial charge in [0.05, 0.1) is 4.91 Å². The van der Waals surface area contributed by atoms with Gasteiger partial charge in [-0.25, -0.2) is 0 Å². The molecule has 0 radical (unpaired) electrons. The van der Waals surface area contributed by atoms with Crippen molar-refractivity contribution in [3.63, 3.8) is 0 Å². The van der Waals surface area contributed by atoms with E-state index in [1.54, 1.807) is 9.47 Å². The van der Waals surface area contributed by atoms with Crippen LogP contribution in [0.25, 0.3) is 6.08 Å². The topological polar surface area (TPSA) is 69.3 Å². The van der Waals surface area contributed by atoms with Crippen molar-refractivity contribution in [1.82, 2.24) is 9.47 Å². The highest BCUT2D eigenvalue weighted by atomic mass is 32.2. The molecule has 8 heteroatoms. The number of thiocarbonyl (C=S) groups is 1. The second-order valence-corrected chi connectivity index (χ2v) is 10.8. The van der Waals surface area contributed by atoms with Gasteiger partial charge < -0.3 is 4.90 Å². The zero-order chi connectivity index (χ0) is 24.3. The van der Waals surface area contributed by atoms with Gasteiger partial charge in [-0.3, -0.25) is 19.1 Å². The Morgan fingerprint density at radius 2 is 2.06 bits per heavy atom. The number of carbonyl (C=O) groups excluding carboxylic acids is 1. The first-order valence-corrected chi connectivity index (χ1v) is 13.2. The number of hydrogen-bond donors (Lipinski definition) is 0. The van der Waals surface area contributed by atoms with Crippen molar-refractivity contribution in [2.75, 3.05) is 18.0 Å². The van der Waals surface area contributed by atoms with Gasteiger partial charge in [-0.2, -0.15) is 5.26 Å². The molecule has 0 spiro atoms. The minimum Gasteiger partial charge on any atom is -0.357 e. The minimum absolute atomic E-state index is 0.0279. The number of rotatable bonds is 7.